The van der Waals surface area contributed by atoms with E-state index in [0.717, 1.165) is 32.6 Å². The molecule has 1 aromatic carbocycles. The van der Waals surface area contributed by atoms with Crippen LogP contribution in [0.5, 0.6) is 0 Å². The maximum Gasteiger partial charge on any atom is 0.0262 e. The van der Waals surface area contributed by atoms with Crippen LogP contribution in [0, 0.1) is 0 Å². The van der Waals surface area contributed by atoms with Crippen molar-refractivity contribution in [3.8, 4) is 0 Å². The lowest BCUT2D eigenvalue weighted by molar-refractivity contribution is 0.0639. The van der Waals surface area contributed by atoms with Crippen LogP contribution in [0.2, 0.25) is 0 Å². The smallest absolute Gasteiger partial charge is 0.0262 e. The third-order valence-electron chi connectivity index (χ3n) is 3.94. The molecule has 0 spiro atoms. The van der Waals surface area contributed by atoms with Crippen LogP contribution in [0.1, 0.15) is 12.5 Å². The summed E-state index contributed by atoms with van der Waals surface area (Å²) >= 11 is 0. The lowest BCUT2D eigenvalue weighted by Gasteiger charge is -2.42. The van der Waals surface area contributed by atoms with Crippen molar-refractivity contribution in [2.24, 2.45) is 5.73 Å². The second-order valence-corrected chi connectivity index (χ2v) is 5.43. The van der Waals surface area contributed by atoms with Gasteiger partial charge >= 0.3 is 0 Å². The molecule has 0 amide bonds. The first-order valence-corrected chi connectivity index (χ1v) is 6.89. The molecule has 0 bridgehead atoms. The van der Waals surface area contributed by atoms with E-state index in [4.69, 9.17) is 5.73 Å². The summed E-state index contributed by atoms with van der Waals surface area (Å²) in [6, 6.07) is 11.7. The number of hydrogen-bond acceptors (Lipinski definition) is 3. The molecule has 0 aromatic heterocycles. The first kappa shape index (κ1) is 13.5. The Morgan fingerprint density at radius 1 is 1.28 bits per heavy atom. The van der Waals surface area contributed by atoms with Gasteiger partial charge in [-0.1, -0.05) is 30.3 Å². The molecule has 1 aromatic rings. The van der Waals surface area contributed by atoms with Crippen LogP contribution in [0.25, 0.3) is 0 Å². The summed E-state index contributed by atoms with van der Waals surface area (Å²) in [5.41, 5.74) is 7.38. The van der Waals surface area contributed by atoms with Gasteiger partial charge < -0.3 is 10.6 Å². The van der Waals surface area contributed by atoms with E-state index in [9.17, 15) is 0 Å². The van der Waals surface area contributed by atoms with Gasteiger partial charge in [-0.25, -0.2) is 0 Å². The van der Waals surface area contributed by atoms with E-state index < -0.39 is 0 Å². The molecule has 0 saturated carbocycles. The van der Waals surface area contributed by atoms with Crippen molar-refractivity contribution < 1.29 is 0 Å². The standard InChI is InChI=1S/C15H25N3/c1-13-12-17(2)8-9-18(13)15(11-16)10-14-6-4-3-5-7-14/h3-7,13,15H,8-12,16H2,1-2H3. The van der Waals surface area contributed by atoms with Crippen molar-refractivity contribution in [3.05, 3.63) is 35.9 Å². The van der Waals surface area contributed by atoms with Gasteiger partial charge in [-0.15, -0.1) is 0 Å². The summed E-state index contributed by atoms with van der Waals surface area (Å²) in [5, 5.41) is 0. The highest BCUT2D eigenvalue weighted by Gasteiger charge is 2.27. The van der Waals surface area contributed by atoms with Crippen molar-refractivity contribution >= 4 is 0 Å². The predicted molar refractivity (Wildman–Crippen MR) is 76.7 cm³/mol. The second kappa shape index (κ2) is 6.32. The van der Waals surface area contributed by atoms with E-state index in [1.165, 1.54) is 5.56 Å². The molecule has 100 valence electrons. The zero-order valence-electron chi connectivity index (χ0n) is 11.5. The fraction of sp³-hybridized carbons (Fsp3) is 0.600. The third kappa shape index (κ3) is 3.31. The molecule has 18 heavy (non-hydrogen) atoms. The van der Waals surface area contributed by atoms with Crippen LogP contribution < -0.4 is 5.73 Å². The minimum atomic E-state index is 0.469. The van der Waals surface area contributed by atoms with Gasteiger partial charge in [0.05, 0.1) is 0 Å². The van der Waals surface area contributed by atoms with E-state index in [1.54, 1.807) is 0 Å². The Balaban J connectivity index is 2.00. The summed E-state index contributed by atoms with van der Waals surface area (Å²) in [6.07, 6.45) is 1.06. The van der Waals surface area contributed by atoms with Gasteiger partial charge in [0.15, 0.2) is 0 Å². The largest absolute Gasteiger partial charge is 0.329 e. The summed E-state index contributed by atoms with van der Waals surface area (Å²) in [7, 11) is 2.20. The van der Waals surface area contributed by atoms with Crippen LogP contribution in [0.15, 0.2) is 30.3 Å². The highest BCUT2D eigenvalue weighted by molar-refractivity contribution is 5.16. The Hall–Kier alpha value is -0.900. The fourth-order valence-electron chi connectivity index (χ4n) is 2.92. The van der Waals surface area contributed by atoms with Crippen molar-refractivity contribution in [2.45, 2.75) is 25.4 Å². The molecular formula is C15H25N3. The normalized spacial score (nSPS) is 24.1. The second-order valence-electron chi connectivity index (χ2n) is 5.43. The Morgan fingerprint density at radius 2 is 2.00 bits per heavy atom. The van der Waals surface area contributed by atoms with Crippen molar-refractivity contribution in [1.29, 1.82) is 0 Å². The number of likely N-dealkylation sites (N-methyl/N-ethyl adjacent to an activating group) is 1. The molecule has 2 atom stereocenters. The Labute approximate surface area is 111 Å². The Morgan fingerprint density at radius 3 is 2.61 bits per heavy atom. The molecule has 2 rings (SSSR count). The van der Waals surface area contributed by atoms with Crippen molar-refractivity contribution in [2.75, 3.05) is 33.2 Å². The monoisotopic (exact) mass is 247 g/mol. The quantitative estimate of drug-likeness (QED) is 0.867. The van der Waals surface area contributed by atoms with Gasteiger partial charge in [-0.05, 0) is 26.0 Å². The SMILES string of the molecule is CC1CN(C)CCN1C(CN)Cc1ccccc1. The molecule has 0 radical (unpaired) electrons. The number of hydrogen-bond donors (Lipinski definition) is 1. The average molecular weight is 247 g/mol. The number of rotatable bonds is 4. The zero-order chi connectivity index (χ0) is 13.0. The molecule has 1 aliphatic heterocycles. The van der Waals surface area contributed by atoms with Crippen LogP contribution in [-0.4, -0.2) is 55.1 Å². The molecule has 3 heteroatoms. The predicted octanol–water partition coefficient (Wildman–Crippen LogP) is 1.19. The molecule has 2 unspecified atom stereocenters. The third-order valence-corrected chi connectivity index (χ3v) is 3.94. The van der Waals surface area contributed by atoms with Crippen molar-refractivity contribution in [1.82, 2.24) is 9.80 Å². The van der Waals surface area contributed by atoms with Crippen LogP contribution in [0.3, 0.4) is 0 Å². The van der Waals surface area contributed by atoms with Crippen LogP contribution in [-0.2, 0) is 6.42 Å². The summed E-state index contributed by atoms with van der Waals surface area (Å²) in [4.78, 5) is 4.98. The lowest BCUT2D eigenvalue weighted by atomic mass is 10.0. The van der Waals surface area contributed by atoms with Gasteiger partial charge in [0.2, 0.25) is 0 Å². The first-order chi connectivity index (χ1) is 8.70. The molecule has 1 fully saturated rings. The molecule has 0 aliphatic carbocycles. The van der Waals surface area contributed by atoms with Gasteiger partial charge in [0.25, 0.3) is 0 Å². The highest BCUT2D eigenvalue weighted by Crippen LogP contribution is 2.15. The minimum absolute atomic E-state index is 0.469. The Kier molecular flexibility index (Phi) is 4.75. The van der Waals surface area contributed by atoms with E-state index in [-0.39, 0.29) is 0 Å². The summed E-state index contributed by atoms with van der Waals surface area (Å²) < 4.78 is 0. The molecule has 1 aliphatic rings. The maximum atomic E-state index is 5.99. The highest BCUT2D eigenvalue weighted by atomic mass is 15.3. The van der Waals surface area contributed by atoms with Crippen LogP contribution in [0.4, 0.5) is 0 Å². The first-order valence-electron chi connectivity index (χ1n) is 6.89. The van der Waals surface area contributed by atoms with Gasteiger partial charge in [0, 0.05) is 38.3 Å². The molecule has 3 nitrogen and oxygen atoms in total. The topological polar surface area (TPSA) is 32.5 Å². The lowest BCUT2D eigenvalue weighted by Crippen LogP contribution is -2.56. The minimum Gasteiger partial charge on any atom is -0.329 e. The number of nitrogens with two attached hydrogens (primary N) is 1. The number of benzene rings is 1. The van der Waals surface area contributed by atoms with Gasteiger partial charge in [-0.3, -0.25) is 4.90 Å². The molecule has 1 heterocycles. The molecule has 2 N–H and O–H groups in total. The Bertz CT molecular complexity index is 352. The zero-order valence-corrected chi connectivity index (χ0v) is 11.5. The van der Waals surface area contributed by atoms with Crippen LogP contribution >= 0.6 is 0 Å². The fourth-order valence-corrected chi connectivity index (χ4v) is 2.92. The van der Waals surface area contributed by atoms with Gasteiger partial charge in [-0.2, -0.15) is 0 Å². The summed E-state index contributed by atoms with van der Waals surface area (Å²) in [6.45, 7) is 6.47. The van der Waals surface area contributed by atoms with E-state index in [2.05, 4.69) is 54.1 Å². The average Bonchev–Trinajstić information content (AvgIpc) is 2.38. The van der Waals surface area contributed by atoms with E-state index in [1.807, 2.05) is 0 Å². The van der Waals surface area contributed by atoms with E-state index in [0.29, 0.717) is 12.1 Å². The van der Waals surface area contributed by atoms with Gasteiger partial charge in [0.1, 0.15) is 0 Å². The number of piperazine rings is 1. The van der Waals surface area contributed by atoms with Crippen molar-refractivity contribution in [3.63, 3.8) is 0 Å². The summed E-state index contributed by atoms with van der Waals surface area (Å²) in [5.74, 6) is 0. The number of nitrogens with zero attached hydrogens (tertiary/aromatic N) is 2. The molecule has 1 saturated heterocycles. The van der Waals surface area contributed by atoms with E-state index >= 15 is 0 Å². The molecular weight excluding hydrogens is 222 g/mol. The maximum absolute atomic E-state index is 5.99.